The Hall–Kier alpha value is -3.15. The average Bonchev–Trinajstić information content (AvgIpc) is 2.71. The molecule has 0 spiro atoms. The van der Waals surface area contributed by atoms with Gasteiger partial charge in [0.05, 0.1) is 19.1 Å². The molecule has 0 unspecified atom stereocenters. The van der Waals surface area contributed by atoms with Crippen LogP contribution in [0.4, 0.5) is 0 Å². The fraction of sp³-hybridized carbons (Fsp3) is 0.125. The number of nitriles is 1. The molecule has 128 valence electrons. The van der Waals surface area contributed by atoms with Crippen molar-refractivity contribution in [1.29, 1.82) is 5.26 Å². The van der Waals surface area contributed by atoms with Gasteiger partial charge in [-0.05, 0) is 22.3 Å². The number of ether oxygens (including phenoxy) is 1. The van der Waals surface area contributed by atoms with E-state index in [2.05, 4.69) is 49.0 Å². The molecule has 0 amide bonds. The van der Waals surface area contributed by atoms with Crippen LogP contribution in [-0.2, 0) is 10.3 Å². The van der Waals surface area contributed by atoms with Gasteiger partial charge in [0.25, 0.3) is 0 Å². The van der Waals surface area contributed by atoms with E-state index in [1.807, 2.05) is 54.6 Å². The number of nitrogens with zero attached hydrogens (tertiary/aromatic N) is 1. The SMILES string of the molecule is C=C(CC#N)COC(c1ccccc1)(c1ccccc1)c1ccccc1. The highest BCUT2D eigenvalue weighted by Gasteiger charge is 2.37. The second-order valence-corrected chi connectivity index (χ2v) is 6.15. The van der Waals surface area contributed by atoms with Crippen molar-refractivity contribution >= 4 is 0 Å². The van der Waals surface area contributed by atoms with Gasteiger partial charge in [-0.2, -0.15) is 5.26 Å². The Bertz CT molecular complexity index is 783. The van der Waals surface area contributed by atoms with Crippen LogP contribution >= 0.6 is 0 Å². The molecule has 0 aliphatic heterocycles. The van der Waals surface area contributed by atoms with E-state index < -0.39 is 5.60 Å². The van der Waals surface area contributed by atoms with Crippen LogP contribution in [-0.4, -0.2) is 6.61 Å². The first-order valence-electron chi connectivity index (χ1n) is 8.61. The zero-order chi connectivity index (χ0) is 18.2. The minimum absolute atomic E-state index is 0.286. The van der Waals surface area contributed by atoms with Crippen molar-refractivity contribution in [3.05, 3.63) is 120 Å². The van der Waals surface area contributed by atoms with Crippen molar-refractivity contribution in [2.75, 3.05) is 6.61 Å². The van der Waals surface area contributed by atoms with Gasteiger partial charge in [0.2, 0.25) is 0 Å². The monoisotopic (exact) mass is 339 g/mol. The molecule has 2 nitrogen and oxygen atoms in total. The van der Waals surface area contributed by atoms with E-state index in [0.717, 1.165) is 22.3 Å². The summed E-state index contributed by atoms with van der Waals surface area (Å²) in [6.07, 6.45) is 0.286. The maximum atomic E-state index is 8.95. The van der Waals surface area contributed by atoms with Gasteiger partial charge in [-0.15, -0.1) is 0 Å². The van der Waals surface area contributed by atoms with Gasteiger partial charge in [0, 0.05) is 0 Å². The number of hydrogen-bond donors (Lipinski definition) is 0. The van der Waals surface area contributed by atoms with Gasteiger partial charge in [-0.3, -0.25) is 0 Å². The summed E-state index contributed by atoms with van der Waals surface area (Å²) < 4.78 is 6.55. The van der Waals surface area contributed by atoms with Crippen molar-refractivity contribution < 1.29 is 4.74 Å². The van der Waals surface area contributed by atoms with Gasteiger partial charge in [-0.1, -0.05) is 97.6 Å². The van der Waals surface area contributed by atoms with E-state index in [1.165, 1.54) is 0 Å². The third-order valence-corrected chi connectivity index (χ3v) is 4.36. The summed E-state index contributed by atoms with van der Waals surface area (Å²) >= 11 is 0. The second-order valence-electron chi connectivity index (χ2n) is 6.15. The molecule has 0 radical (unpaired) electrons. The molecule has 0 fully saturated rings. The minimum atomic E-state index is -0.762. The maximum Gasteiger partial charge on any atom is 0.144 e. The van der Waals surface area contributed by atoms with Gasteiger partial charge in [-0.25, -0.2) is 0 Å². The summed E-state index contributed by atoms with van der Waals surface area (Å²) in [5, 5.41) is 8.95. The van der Waals surface area contributed by atoms with Crippen molar-refractivity contribution in [3.8, 4) is 6.07 Å². The van der Waals surface area contributed by atoms with E-state index in [0.29, 0.717) is 6.61 Å². The molecule has 26 heavy (non-hydrogen) atoms. The first-order valence-corrected chi connectivity index (χ1v) is 8.61. The van der Waals surface area contributed by atoms with Crippen molar-refractivity contribution in [2.45, 2.75) is 12.0 Å². The van der Waals surface area contributed by atoms with Crippen LogP contribution in [0.2, 0.25) is 0 Å². The van der Waals surface area contributed by atoms with Crippen LogP contribution in [0, 0.1) is 11.3 Å². The van der Waals surface area contributed by atoms with E-state index in [4.69, 9.17) is 10.00 Å². The minimum Gasteiger partial charge on any atom is -0.356 e. The Balaban J connectivity index is 2.18. The number of benzene rings is 3. The second kappa shape index (κ2) is 8.29. The molecule has 3 rings (SSSR count). The van der Waals surface area contributed by atoms with E-state index >= 15 is 0 Å². The normalized spacial score (nSPS) is 10.9. The average molecular weight is 339 g/mol. The highest BCUT2D eigenvalue weighted by molar-refractivity contribution is 5.47. The van der Waals surface area contributed by atoms with Crippen LogP contribution in [0.1, 0.15) is 23.1 Å². The van der Waals surface area contributed by atoms with E-state index in [9.17, 15) is 0 Å². The summed E-state index contributed by atoms with van der Waals surface area (Å²) in [5.74, 6) is 0. The molecule has 0 atom stereocenters. The first kappa shape index (κ1) is 17.7. The molecule has 0 aromatic heterocycles. The Morgan fingerprint density at radius 1 is 0.769 bits per heavy atom. The number of hydrogen-bond acceptors (Lipinski definition) is 2. The van der Waals surface area contributed by atoms with Crippen LogP contribution in [0.25, 0.3) is 0 Å². The third-order valence-electron chi connectivity index (χ3n) is 4.36. The molecule has 0 heterocycles. The lowest BCUT2D eigenvalue weighted by Gasteiger charge is -2.36. The van der Waals surface area contributed by atoms with E-state index in [1.54, 1.807) is 0 Å². The first-order chi connectivity index (χ1) is 12.8. The predicted molar refractivity (Wildman–Crippen MR) is 105 cm³/mol. The molecular weight excluding hydrogens is 318 g/mol. The summed E-state index contributed by atoms with van der Waals surface area (Å²) in [4.78, 5) is 0. The molecule has 0 saturated heterocycles. The van der Waals surface area contributed by atoms with Crippen molar-refractivity contribution in [3.63, 3.8) is 0 Å². The smallest absolute Gasteiger partial charge is 0.144 e. The molecule has 0 bridgehead atoms. The van der Waals surface area contributed by atoms with Crippen LogP contribution in [0.3, 0.4) is 0 Å². The molecule has 3 aromatic carbocycles. The van der Waals surface area contributed by atoms with Gasteiger partial charge < -0.3 is 4.74 Å². The van der Waals surface area contributed by atoms with Gasteiger partial charge in [0.1, 0.15) is 5.60 Å². The zero-order valence-corrected chi connectivity index (χ0v) is 14.6. The Kier molecular flexibility index (Phi) is 5.63. The zero-order valence-electron chi connectivity index (χ0n) is 14.6. The Morgan fingerprint density at radius 2 is 1.15 bits per heavy atom. The van der Waals surface area contributed by atoms with Crippen LogP contribution < -0.4 is 0 Å². The summed E-state index contributed by atoms with van der Waals surface area (Å²) in [6, 6.07) is 32.7. The molecule has 0 saturated carbocycles. The lowest BCUT2D eigenvalue weighted by atomic mass is 9.80. The molecule has 3 aromatic rings. The van der Waals surface area contributed by atoms with Crippen molar-refractivity contribution in [1.82, 2.24) is 0 Å². The lowest BCUT2D eigenvalue weighted by molar-refractivity contribution is 0.0274. The van der Waals surface area contributed by atoms with Gasteiger partial charge in [0.15, 0.2) is 0 Å². The predicted octanol–water partition coefficient (Wildman–Crippen LogP) is 5.46. The van der Waals surface area contributed by atoms with Crippen LogP contribution in [0.15, 0.2) is 103 Å². The fourth-order valence-corrected chi connectivity index (χ4v) is 3.14. The fourth-order valence-electron chi connectivity index (χ4n) is 3.14. The van der Waals surface area contributed by atoms with E-state index in [-0.39, 0.29) is 6.42 Å². The molecular formula is C24H21NO. The summed E-state index contributed by atoms with van der Waals surface area (Å²) in [5.41, 5.74) is 3.13. The summed E-state index contributed by atoms with van der Waals surface area (Å²) in [6.45, 7) is 4.29. The highest BCUT2D eigenvalue weighted by atomic mass is 16.5. The third kappa shape index (κ3) is 3.59. The largest absolute Gasteiger partial charge is 0.356 e. The quantitative estimate of drug-likeness (QED) is 0.423. The topological polar surface area (TPSA) is 33.0 Å². The molecule has 0 N–H and O–H groups in total. The molecule has 0 aliphatic carbocycles. The number of rotatable bonds is 7. The van der Waals surface area contributed by atoms with Crippen molar-refractivity contribution in [2.24, 2.45) is 0 Å². The summed E-state index contributed by atoms with van der Waals surface area (Å²) in [7, 11) is 0. The Labute approximate surface area is 155 Å². The molecule has 2 heteroatoms. The molecule has 0 aliphatic rings. The Morgan fingerprint density at radius 3 is 1.50 bits per heavy atom. The maximum absolute atomic E-state index is 8.95. The highest BCUT2D eigenvalue weighted by Crippen LogP contribution is 2.40. The van der Waals surface area contributed by atoms with Crippen LogP contribution in [0.5, 0.6) is 0 Å². The van der Waals surface area contributed by atoms with Gasteiger partial charge >= 0.3 is 0 Å². The standard InChI is InChI=1S/C24H21NO/c1-20(17-18-25)19-26-24(21-11-5-2-6-12-21,22-13-7-3-8-14-22)23-15-9-4-10-16-23/h2-16H,1,17,19H2. The lowest BCUT2D eigenvalue weighted by Crippen LogP contribution is -2.33.